The third kappa shape index (κ3) is 5.00. The van der Waals surface area contributed by atoms with Gasteiger partial charge in [0.15, 0.2) is 15.7 Å². The topological polar surface area (TPSA) is 111 Å². The van der Waals surface area contributed by atoms with E-state index >= 15 is 4.39 Å². The minimum atomic E-state index is -3.53. The van der Waals surface area contributed by atoms with Crippen LogP contribution in [0, 0.1) is 5.82 Å². The number of amides is 1. The number of benzene rings is 2. The minimum Gasteiger partial charge on any atom is -0.489 e. The highest BCUT2D eigenvalue weighted by molar-refractivity contribution is 7.91. The maximum atomic E-state index is 15.3. The summed E-state index contributed by atoms with van der Waals surface area (Å²) in [7, 11) is -3.53. The van der Waals surface area contributed by atoms with Crippen LogP contribution in [0.5, 0.6) is 5.75 Å². The van der Waals surface area contributed by atoms with Gasteiger partial charge in [-0.15, -0.1) is 0 Å². The Morgan fingerprint density at radius 2 is 1.98 bits per heavy atom. The van der Waals surface area contributed by atoms with E-state index in [1.54, 1.807) is 30.5 Å². The number of nitrogens with zero attached hydrogens (tertiary/aromatic N) is 3. The first kappa shape index (κ1) is 25.8. The molecule has 0 saturated heterocycles. The van der Waals surface area contributed by atoms with E-state index in [4.69, 9.17) is 14.5 Å². The summed E-state index contributed by atoms with van der Waals surface area (Å²) in [6.45, 7) is 1.31. The van der Waals surface area contributed by atoms with Crippen molar-refractivity contribution in [1.29, 1.82) is 0 Å². The molecule has 1 amide bonds. The molecule has 2 aliphatic heterocycles. The molecule has 0 bridgehead atoms. The lowest BCUT2D eigenvalue weighted by atomic mass is 10.1. The molecule has 2 aromatic heterocycles. The standard InChI is InChI=1S/C30H27FN4O5S/c31-24-11-22(18-1-2-18)12-26-29(24)35(7-8-40-26)28-6-5-20-15-32-23(14-25(20)34-28)16-33-30(36)19-3-4-21-17-39-9-10-41(37,38)27(21)13-19/h3-6,11-15,18H,1-2,7-10,16-17H2,(H,33,36). The highest BCUT2D eigenvalue weighted by atomic mass is 32.2. The zero-order valence-corrected chi connectivity index (χ0v) is 22.9. The van der Waals surface area contributed by atoms with E-state index in [2.05, 4.69) is 10.3 Å². The molecular weight excluding hydrogens is 547 g/mol. The molecule has 0 atom stereocenters. The maximum absolute atomic E-state index is 15.3. The number of fused-ring (bicyclic) bond motifs is 3. The van der Waals surface area contributed by atoms with Gasteiger partial charge in [0.05, 0.1) is 48.2 Å². The smallest absolute Gasteiger partial charge is 0.251 e. The van der Waals surface area contributed by atoms with Crippen LogP contribution >= 0.6 is 0 Å². The summed E-state index contributed by atoms with van der Waals surface area (Å²) in [6.07, 6.45) is 3.84. The van der Waals surface area contributed by atoms with E-state index in [0.29, 0.717) is 53.1 Å². The molecule has 0 unspecified atom stereocenters. The number of carbonyl (C=O) groups excluding carboxylic acids is 1. The maximum Gasteiger partial charge on any atom is 0.251 e. The lowest BCUT2D eigenvalue weighted by Gasteiger charge is -2.31. The second-order valence-corrected chi connectivity index (χ2v) is 12.6. The van der Waals surface area contributed by atoms with Crippen LogP contribution in [0.4, 0.5) is 15.9 Å². The number of hydrogen-bond acceptors (Lipinski definition) is 8. The van der Waals surface area contributed by atoms with Gasteiger partial charge in [-0.25, -0.2) is 17.8 Å². The quantitative estimate of drug-likeness (QED) is 0.373. The van der Waals surface area contributed by atoms with Gasteiger partial charge < -0.3 is 19.7 Å². The fourth-order valence-electron chi connectivity index (χ4n) is 5.34. The Kier molecular flexibility index (Phi) is 6.35. The molecule has 7 rings (SSSR count). The monoisotopic (exact) mass is 574 g/mol. The van der Waals surface area contributed by atoms with E-state index in [-0.39, 0.29) is 41.8 Å². The summed E-state index contributed by atoms with van der Waals surface area (Å²) in [5, 5.41) is 3.62. The number of rotatable bonds is 5. The summed E-state index contributed by atoms with van der Waals surface area (Å²) in [5.41, 5.74) is 3.39. The van der Waals surface area contributed by atoms with Gasteiger partial charge in [0, 0.05) is 17.1 Å². The number of anilines is 2. The van der Waals surface area contributed by atoms with Crippen molar-refractivity contribution in [3.05, 3.63) is 82.9 Å². The molecule has 0 radical (unpaired) electrons. The van der Waals surface area contributed by atoms with Crippen molar-refractivity contribution in [1.82, 2.24) is 15.3 Å². The Balaban J connectivity index is 1.12. The van der Waals surface area contributed by atoms with Crippen LogP contribution < -0.4 is 15.0 Å². The molecule has 4 heterocycles. The Morgan fingerprint density at radius 1 is 1.10 bits per heavy atom. The highest BCUT2D eigenvalue weighted by Gasteiger charge is 2.30. The summed E-state index contributed by atoms with van der Waals surface area (Å²) in [4.78, 5) is 24.1. The average Bonchev–Trinajstić information content (AvgIpc) is 3.84. The summed E-state index contributed by atoms with van der Waals surface area (Å²) in [5.74, 6) is 0.696. The van der Waals surface area contributed by atoms with Crippen molar-refractivity contribution in [3.8, 4) is 5.75 Å². The third-order valence-electron chi connectivity index (χ3n) is 7.68. The molecule has 2 aromatic carbocycles. The first-order valence-electron chi connectivity index (χ1n) is 13.6. The molecule has 1 saturated carbocycles. The van der Waals surface area contributed by atoms with E-state index in [9.17, 15) is 13.2 Å². The highest BCUT2D eigenvalue weighted by Crippen LogP contribution is 2.46. The summed E-state index contributed by atoms with van der Waals surface area (Å²) >= 11 is 0. The van der Waals surface area contributed by atoms with Crippen LogP contribution in [0.25, 0.3) is 10.9 Å². The van der Waals surface area contributed by atoms with Crippen molar-refractivity contribution in [3.63, 3.8) is 0 Å². The number of hydrogen-bond donors (Lipinski definition) is 1. The molecule has 0 spiro atoms. The molecule has 210 valence electrons. The molecule has 1 fully saturated rings. The normalized spacial score (nSPS) is 17.7. The zero-order valence-electron chi connectivity index (χ0n) is 22.1. The van der Waals surface area contributed by atoms with Crippen LogP contribution in [-0.2, 0) is 27.7 Å². The van der Waals surface area contributed by atoms with Crippen molar-refractivity contribution < 1.29 is 27.1 Å². The van der Waals surface area contributed by atoms with Crippen molar-refractivity contribution in [2.24, 2.45) is 0 Å². The Morgan fingerprint density at radius 3 is 2.83 bits per heavy atom. The lowest BCUT2D eigenvalue weighted by Crippen LogP contribution is -2.30. The summed E-state index contributed by atoms with van der Waals surface area (Å²) in [6, 6.07) is 13.7. The van der Waals surface area contributed by atoms with Crippen LogP contribution in [0.1, 0.15) is 45.9 Å². The van der Waals surface area contributed by atoms with Gasteiger partial charge in [-0.2, -0.15) is 0 Å². The van der Waals surface area contributed by atoms with Crippen molar-refractivity contribution >= 4 is 38.2 Å². The molecule has 1 N–H and O–H groups in total. The number of carbonyl (C=O) groups is 1. The van der Waals surface area contributed by atoms with Gasteiger partial charge in [0.25, 0.3) is 5.91 Å². The lowest BCUT2D eigenvalue weighted by molar-refractivity contribution is 0.0950. The number of halogens is 1. The minimum absolute atomic E-state index is 0.118. The van der Waals surface area contributed by atoms with Crippen molar-refractivity contribution in [2.75, 3.05) is 30.4 Å². The first-order chi connectivity index (χ1) is 19.9. The number of nitrogens with one attached hydrogen (secondary N) is 1. The Hall–Kier alpha value is -4.09. The molecule has 11 heteroatoms. The second-order valence-electron chi connectivity index (χ2n) is 10.5. The van der Waals surface area contributed by atoms with Crippen molar-refractivity contribution in [2.45, 2.75) is 36.8 Å². The van der Waals surface area contributed by atoms with Gasteiger partial charge in [-0.3, -0.25) is 9.78 Å². The molecule has 4 aromatic rings. The molecule has 9 nitrogen and oxygen atoms in total. The summed E-state index contributed by atoms with van der Waals surface area (Å²) < 4.78 is 51.6. The van der Waals surface area contributed by atoms with E-state index in [1.807, 2.05) is 23.1 Å². The van der Waals surface area contributed by atoms with E-state index in [0.717, 1.165) is 23.8 Å². The van der Waals surface area contributed by atoms with Gasteiger partial charge in [0.2, 0.25) is 0 Å². The van der Waals surface area contributed by atoms with E-state index in [1.165, 1.54) is 6.07 Å². The first-order valence-corrected chi connectivity index (χ1v) is 15.2. The van der Waals surface area contributed by atoms with Gasteiger partial charge >= 0.3 is 0 Å². The van der Waals surface area contributed by atoms with Crippen LogP contribution in [-0.4, -0.2) is 49.8 Å². The molecular formula is C30H27FN4O5S. The molecule has 41 heavy (non-hydrogen) atoms. The SMILES string of the molecule is O=C(NCc1cc2nc(N3CCOc4cc(C5CC5)cc(F)c43)ccc2cn1)c1ccc2c(c1)S(=O)(=O)CCOC2. The average molecular weight is 575 g/mol. The number of pyridine rings is 2. The Bertz CT molecular complexity index is 1810. The van der Waals surface area contributed by atoms with Crippen LogP contribution in [0.3, 0.4) is 0 Å². The predicted octanol–water partition coefficient (Wildman–Crippen LogP) is 4.41. The fraction of sp³-hybridized carbons (Fsp3) is 0.300. The number of ether oxygens (including phenoxy) is 2. The van der Waals surface area contributed by atoms with Gasteiger partial charge in [-0.1, -0.05) is 6.07 Å². The predicted molar refractivity (Wildman–Crippen MR) is 150 cm³/mol. The van der Waals surface area contributed by atoms with E-state index < -0.39 is 15.7 Å². The zero-order chi connectivity index (χ0) is 28.1. The largest absolute Gasteiger partial charge is 0.489 e. The number of sulfone groups is 1. The van der Waals surface area contributed by atoms with Gasteiger partial charge in [0.1, 0.15) is 23.9 Å². The number of aromatic nitrogens is 2. The second kappa shape index (κ2) is 10.1. The molecule has 1 aliphatic carbocycles. The van der Waals surface area contributed by atoms with Crippen LogP contribution in [0.15, 0.2) is 59.6 Å². The van der Waals surface area contributed by atoms with Gasteiger partial charge in [-0.05, 0) is 72.4 Å². The fourth-order valence-corrected chi connectivity index (χ4v) is 6.73. The Labute approximate surface area is 236 Å². The third-order valence-corrected chi connectivity index (χ3v) is 9.44. The van der Waals surface area contributed by atoms with Crippen LogP contribution in [0.2, 0.25) is 0 Å². The molecule has 3 aliphatic rings.